The summed E-state index contributed by atoms with van der Waals surface area (Å²) in [7, 11) is 3.81. The lowest BCUT2D eigenvalue weighted by atomic mass is 10.0. The van der Waals surface area contributed by atoms with E-state index in [1.54, 1.807) is 4.90 Å². The van der Waals surface area contributed by atoms with Crippen LogP contribution in [0.25, 0.3) is 0 Å². The molecule has 1 aliphatic heterocycles. The fourth-order valence-electron chi connectivity index (χ4n) is 3.61. The van der Waals surface area contributed by atoms with E-state index in [2.05, 4.69) is 45.0 Å². The fraction of sp³-hybridized carbons (Fsp3) is 0.417. The molecule has 0 bridgehead atoms. The first-order valence-corrected chi connectivity index (χ1v) is 9.96. The zero-order valence-electron chi connectivity index (χ0n) is 18.8. The predicted octanol–water partition coefficient (Wildman–Crippen LogP) is 5.33. The molecule has 1 amide bonds. The van der Waals surface area contributed by atoms with Crippen LogP contribution in [0.3, 0.4) is 0 Å². The number of hydrogen-bond donors (Lipinski definition) is 0. The summed E-state index contributed by atoms with van der Waals surface area (Å²) in [5.41, 5.74) is 8.51. The molecule has 1 aromatic carbocycles. The summed E-state index contributed by atoms with van der Waals surface area (Å²) in [6, 6.07) is 8.64. The van der Waals surface area contributed by atoms with Gasteiger partial charge in [0.25, 0.3) is 5.91 Å². The number of pyridine rings is 1. The Bertz CT molecular complexity index is 928. The largest absolute Gasteiger partial charge is 0.331 e. The van der Waals surface area contributed by atoms with Gasteiger partial charge in [0.15, 0.2) is 5.82 Å². The number of rotatable bonds is 2. The van der Waals surface area contributed by atoms with Gasteiger partial charge in [-0.25, -0.2) is 4.98 Å². The maximum atomic E-state index is 12.7. The summed E-state index contributed by atoms with van der Waals surface area (Å²) >= 11 is 0. The third-order valence-electron chi connectivity index (χ3n) is 5.41. The summed E-state index contributed by atoms with van der Waals surface area (Å²) < 4.78 is 0. The van der Waals surface area contributed by atoms with Gasteiger partial charge in [0, 0.05) is 37.5 Å². The number of allylic oxidation sites excluding steroid dienone is 1. The molecule has 1 aliphatic rings. The SMILES string of the molecule is CC.CC1=C(C)N(C)c2nc(Cc3ccc(C)cc3C)cc(C)c2N(C)C1=O. The van der Waals surface area contributed by atoms with E-state index in [9.17, 15) is 4.79 Å². The van der Waals surface area contributed by atoms with E-state index in [0.29, 0.717) is 0 Å². The van der Waals surface area contributed by atoms with Crippen molar-refractivity contribution in [1.82, 2.24) is 4.98 Å². The number of hydrogen-bond acceptors (Lipinski definition) is 3. The van der Waals surface area contributed by atoms with Crippen molar-refractivity contribution in [1.29, 1.82) is 0 Å². The van der Waals surface area contributed by atoms with Crippen molar-refractivity contribution in [3.05, 3.63) is 63.5 Å². The molecule has 0 fully saturated rings. The number of carbonyl (C=O) groups is 1. The van der Waals surface area contributed by atoms with Gasteiger partial charge in [-0.05, 0) is 57.4 Å². The molecule has 2 heterocycles. The number of aromatic nitrogens is 1. The smallest absolute Gasteiger partial charge is 0.255 e. The predicted molar refractivity (Wildman–Crippen MR) is 119 cm³/mol. The highest BCUT2D eigenvalue weighted by Gasteiger charge is 2.28. The van der Waals surface area contributed by atoms with Crippen LogP contribution in [0.1, 0.15) is 55.6 Å². The first-order chi connectivity index (χ1) is 13.2. The van der Waals surface area contributed by atoms with Crippen molar-refractivity contribution in [3.8, 4) is 0 Å². The molecule has 28 heavy (non-hydrogen) atoms. The number of likely N-dealkylation sites (N-methyl/N-ethyl adjacent to an activating group) is 1. The maximum Gasteiger partial charge on any atom is 0.255 e. The average Bonchev–Trinajstić information content (AvgIpc) is 2.73. The van der Waals surface area contributed by atoms with Crippen molar-refractivity contribution in [2.75, 3.05) is 23.9 Å². The van der Waals surface area contributed by atoms with Crippen molar-refractivity contribution in [3.63, 3.8) is 0 Å². The summed E-state index contributed by atoms with van der Waals surface area (Å²) in [5.74, 6) is 0.870. The molecule has 0 aliphatic carbocycles. The van der Waals surface area contributed by atoms with Crippen LogP contribution in [0.5, 0.6) is 0 Å². The molecule has 3 rings (SSSR count). The Hall–Kier alpha value is -2.62. The van der Waals surface area contributed by atoms with Crippen LogP contribution in [0.15, 0.2) is 35.5 Å². The van der Waals surface area contributed by atoms with Crippen LogP contribution in [-0.4, -0.2) is 25.0 Å². The van der Waals surface area contributed by atoms with Crippen molar-refractivity contribution >= 4 is 17.4 Å². The number of benzene rings is 1. The first-order valence-electron chi connectivity index (χ1n) is 9.96. The topological polar surface area (TPSA) is 36.4 Å². The minimum Gasteiger partial charge on any atom is -0.331 e. The van der Waals surface area contributed by atoms with Gasteiger partial charge in [0.2, 0.25) is 0 Å². The van der Waals surface area contributed by atoms with Gasteiger partial charge in [-0.15, -0.1) is 0 Å². The number of anilines is 2. The molecule has 0 atom stereocenters. The van der Waals surface area contributed by atoms with Gasteiger partial charge >= 0.3 is 0 Å². The Morgan fingerprint density at radius 3 is 2.14 bits per heavy atom. The van der Waals surface area contributed by atoms with E-state index < -0.39 is 0 Å². The minimum atomic E-state index is 0.0279. The normalized spacial score (nSPS) is 13.8. The van der Waals surface area contributed by atoms with Crippen LogP contribution < -0.4 is 9.80 Å². The molecule has 2 aromatic rings. The summed E-state index contributed by atoms with van der Waals surface area (Å²) in [5, 5.41) is 0. The fourth-order valence-corrected chi connectivity index (χ4v) is 3.61. The molecule has 4 nitrogen and oxygen atoms in total. The van der Waals surface area contributed by atoms with E-state index >= 15 is 0 Å². The van der Waals surface area contributed by atoms with Crippen molar-refractivity contribution in [2.45, 2.75) is 54.9 Å². The second-order valence-electron chi connectivity index (χ2n) is 7.34. The van der Waals surface area contributed by atoms with Crippen LogP contribution in [0.2, 0.25) is 0 Å². The molecule has 0 spiro atoms. The zero-order valence-corrected chi connectivity index (χ0v) is 18.8. The van der Waals surface area contributed by atoms with Crippen LogP contribution in [-0.2, 0) is 11.2 Å². The van der Waals surface area contributed by atoms with Gasteiger partial charge in [0.05, 0.1) is 5.69 Å². The maximum absolute atomic E-state index is 12.7. The molecule has 1 aromatic heterocycles. The van der Waals surface area contributed by atoms with Crippen molar-refractivity contribution < 1.29 is 4.79 Å². The lowest BCUT2D eigenvalue weighted by Gasteiger charge is -2.24. The highest BCUT2D eigenvalue weighted by atomic mass is 16.2. The number of carbonyl (C=O) groups excluding carboxylic acids is 1. The third-order valence-corrected chi connectivity index (χ3v) is 5.41. The zero-order chi connectivity index (χ0) is 21.2. The molecule has 0 N–H and O–H groups in total. The van der Waals surface area contributed by atoms with E-state index in [4.69, 9.17) is 4.98 Å². The molecule has 0 unspecified atom stereocenters. The van der Waals surface area contributed by atoms with Gasteiger partial charge in [-0.3, -0.25) is 4.79 Å². The molecular formula is C24H33N3O. The lowest BCUT2D eigenvalue weighted by Crippen LogP contribution is -2.27. The lowest BCUT2D eigenvalue weighted by molar-refractivity contribution is -0.114. The molecule has 0 radical (unpaired) electrons. The standard InChI is InChI=1S/C22H27N3O.C2H6/c1-13-8-9-18(14(2)10-13)12-19-11-15(3)20-21(23-19)24(6)17(5)16(4)22(26)25(20)7;1-2/h8-11H,12H2,1-7H3;1-2H3. The molecule has 150 valence electrons. The van der Waals surface area contributed by atoms with Gasteiger partial charge in [-0.2, -0.15) is 0 Å². The molecule has 0 saturated carbocycles. The van der Waals surface area contributed by atoms with E-state index in [0.717, 1.165) is 40.5 Å². The Kier molecular flexibility index (Phi) is 6.65. The summed E-state index contributed by atoms with van der Waals surface area (Å²) in [6.07, 6.45) is 0.785. The van der Waals surface area contributed by atoms with Crippen molar-refractivity contribution in [2.24, 2.45) is 0 Å². The summed E-state index contributed by atoms with van der Waals surface area (Å²) in [4.78, 5) is 21.4. The highest BCUT2D eigenvalue weighted by Crippen LogP contribution is 2.36. The second-order valence-corrected chi connectivity index (χ2v) is 7.34. The van der Waals surface area contributed by atoms with E-state index in [-0.39, 0.29) is 5.91 Å². The second kappa shape index (κ2) is 8.59. The Morgan fingerprint density at radius 2 is 1.54 bits per heavy atom. The van der Waals surface area contributed by atoms with Crippen LogP contribution in [0.4, 0.5) is 11.5 Å². The van der Waals surface area contributed by atoms with Gasteiger partial charge in [-0.1, -0.05) is 37.6 Å². The Morgan fingerprint density at radius 1 is 0.893 bits per heavy atom. The Labute approximate surface area is 169 Å². The quantitative estimate of drug-likeness (QED) is 0.707. The molecule has 0 saturated heterocycles. The molecule has 4 heteroatoms. The number of fused-ring (bicyclic) bond motifs is 1. The number of nitrogens with zero attached hydrogens (tertiary/aromatic N) is 3. The molecular weight excluding hydrogens is 346 g/mol. The van der Waals surface area contributed by atoms with Crippen LogP contribution in [0, 0.1) is 20.8 Å². The minimum absolute atomic E-state index is 0.0279. The van der Waals surface area contributed by atoms with E-state index in [1.165, 1.54) is 16.7 Å². The van der Waals surface area contributed by atoms with Crippen LogP contribution >= 0.6 is 0 Å². The number of aryl methyl sites for hydroxylation is 3. The first kappa shape index (κ1) is 21.7. The highest BCUT2D eigenvalue weighted by molar-refractivity contribution is 6.09. The van der Waals surface area contributed by atoms with Gasteiger partial charge in [0.1, 0.15) is 0 Å². The van der Waals surface area contributed by atoms with Gasteiger partial charge < -0.3 is 9.80 Å². The average molecular weight is 380 g/mol. The summed E-state index contributed by atoms with van der Waals surface area (Å²) in [6.45, 7) is 14.2. The third kappa shape index (κ3) is 3.96. The Balaban J connectivity index is 0.00000136. The monoisotopic (exact) mass is 379 g/mol. The van der Waals surface area contributed by atoms with E-state index in [1.807, 2.05) is 46.7 Å². The number of amides is 1.